The quantitative estimate of drug-likeness (QED) is 0.812. The van der Waals surface area contributed by atoms with Crippen LogP contribution in [0.15, 0.2) is 30.3 Å². The number of carboxylic acid groups (broad SMARTS) is 1. The first kappa shape index (κ1) is 19.6. The zero-order valence-electron chi connectivity index (χ0n) is 13.8. The SMILES string of the molecule is CCC1CC(=O)CC(C(=O)O)N1S(=O)(=O)CC=Cc1ccc(Cl)cc1. The summed E-state index contributed by atoms with van der Waals surface area (Å²) in [5.41, 5.74) is 0.787. The fourth-order valence-electron chi connectivity index (χ4n) is 2.90. The van der Waals surface area contributed by atoms with E-state index in [9.17, 15) is 23.1 Å². The van der Waals surface area contributed by atoms with Crippen LogP contribution < -0.4 is 0 Å². The number of hydrogen-bond acceptors (Lipinski definition) is 4. The van der Waals surface area contributed by atoms with Gasteiger partial charge in [0.1, 0.15) is 11.8 Å². The van der Waals surface area contributed by atoms with E-state index >= 15 is 0 Å². The second-order valence-electron chi connectivity index (χ2n) is 5.93. The molecule has 0 aliphatic carbocycles. The molecule has 1 heterocycles. The number of aliphatic carboxylic acids is 1. The van der Waals surface area contributed by atoms with Gasteiger partial charge in [-0.25, -0.2) is 8.42 Å². The van der Waals surface area contributed by atoms with E-state index in [-0.39, 0.29) is 24.4 Å². The van der Waals surface area contributed by atoms with Gasteiger partial charge in [0.25, 0.3) is 0 Å². The molecule has 0 radical (unpaired) electrons. The van der Waals surface area contributed by atoms with Crippen molar-refractivity contribution < 1.29 is 23.1 Å². The molecule has 1 aromatic carbocycles. The third-order valence-corrected chi connectivity index (χ3v) is 6.18. The molecule has 1 aliphatic heterocycles. The summed E-state index contributed by atoms with van der Waals surface area (Å²) in [4.78, 5) is 23.2. The van der Waals surface area contributed by atoms with Crippen molar-refractivity contribution in [1.29, 1.82) is 0 Å². The van der Waals surface area contributed by atoms with Crippen LogP contribution in [0.25, 0.3) is 6.08 Å². The Labute approximate surface area is 152 Å². The molecule has 136 valence electrons. The van der Waals surface area contributed by atoms with Crippen LogP contribution in [0.2, 0.25) is 5.02 Å². The average Bonchev–Trinajstić information content (AvgIpc) is 2.55. The highest BCUT2D eigenvalue weighted by Crippen LogP contribution is 2.27. The van der Waals surface area contributed by atoms with Gasteiger partial charge in [0.2, 0.25) is 10.0 Å². The molecule has 1 saturated heterocycles. The molecule has 25 heavy (non-hydrogen) atoms. The van der Waals surface area contributed by atoms with Crippen molar-refractivity contribution in [3.63, 3.8) is 0 Å². The molecule has 8 heteroatoms. The van der Waals surface area contributed by atoms with Gasteiger partial charge in [-0.2, -0.15) is 4.31 Å². The molecule has 2 unspecified atom stereocenters. The number of benzene rings is 1. The van der Waals surface area contributed by atoms with Crippen molar-refractivity contribution in [3.8, 4) is 0 Å². The third kappa shape index (κ3) is 4.90. The van der Waals surface area contributed by atoms with E-state index < -0.39 is 28.1 Å². The number of hydrogen-bond donors (Lipinski definition) is 1. The molecule has 1 aliphatic rings. The summed E-state index contributed by atoms with van der Waals surface area (Å²) in [6.07, 6.45) is 3.27. The van der Waals surface area contributed by atoms with Crippen LogP contribution in [0.1, 0.15) is 31.7 Å². The van der Waals surface area contributed by atoms with Crippen molar-refractivity contribution in [1.82, 2.24) is 4.31 Å². The lowest BCUT2D eigenvalue weighted by molar-refractivity contribution is -0.146. The van der Waals surface area contributed by atoms with E-state index in [2.05, 4.69) is 0 Å². The van der Waals surface area contributed by atoms with Gasteiger partial charge in [-0.15, -0.1) is 0 Å². The Morgan fingerprint density at radius 3 is 2.52 bits per heavy atom. The number of nitrogens with zero attached hydrogens (tertiary/aromatic N) is 1. The van der Waals surface area contributed by atoms with E-state index in [1.54, 1.807) is 37.3 Å². The first-order valence-corrected chi connectivity index (χ1v) is 9.91. The molecule has 0 bridgehead atoms. The number of ketones is 1. The molecule has 0 amide bonds. The fraction of sp³-hybridized carbons (Fsp3) is 0.412. The molecular formula is C17H20ClNO5S. The number of rotatable bonds is 6. The molecule has 2 atom stereocenters. The van der Waals surface area contributed by atoms with Gasteiger partial charge in [0.05, 0.1) is 5.75 Å². The summed E-state index contributed by atoms with van der Waals surface area (Å²) >= 11 is 5.80. The topological polar surface area (TPSA) is 91.8 Å². The number of carbonyl (C=O) groups is 2. The summed E-state index contributed by atoms with van der Waals surface area (Å²) in [6.45, 7) is 1.74. The summed E-state index contributed by atoms with van der Waals surface area (Å²) < 4.78 is 26.4. The Balaban J connectivity index is 2.20. The standard InChI is InChI=1S/C17H20ClNO5S/c1-2-14-10-15(20)11-16(17(21)22)19(14)25(23,24)9-3-4-12-5-7-13(18)8-6-12/h3-8,14,16H,2,9-11H2,1H3,(H,21,22). The first-order chi connectivity index (χ1) is 11.7. The predicted molar refractivity (Wildman–Crippen MR) is 95.9 cm³/mol. The first-order valence-electron chi connectivity index (χ1n) is 7.92. The van der Waals surface area contributed by atoms with E-state index in [1.807, 2.05) is 0 Å². The maximum atomic E-state index is 12.7. The Bertz CT molecular complexity index is 773. The Hall–Kier alpha value is -1.70. The van der Waals surface area contributed by atoms with E-state index in [4.69, 9.17) is 11.6 Å². The molecule has 1 aromatic rings. The van der Waals surface area contributed by atoms with E-state index in [1.165, 1.54) is 6.08 Å². The van der Waals surface area contributed by atoms with Gasteiger partial charge in [-0.05, 0) is 24.1 Å². The second-order valence-corrected chi connectivity index (χ2v) is 8.28. The zero-order chi connectivity index (χ0) is 18.6. The van der Waals surface area contributed by atoms with Crippen LogP contribution >= 0.6 is 11.6 Å². The maximum absolute atomic E-state index is 12.7. The van der Waals surface area contributed by atoms with Crippen molar-refractivity contribution in [2.45, 2.75) is 38.3 Å². The van der Waals surface area contributed by atoms with Crippen LogP contribution in [0.3, 0.4) is 0 Å². The second kappa shape index (κ2) is 8.12. The van der Waals surface area contributed by atoms with E-state index in [0.717, 1.165) is 9.87 Å². The predicted octanol–water partition coefficient (Wildman–Crippen LogP) is 2.58. The number of sulfonamides is 1. The number of carbonyl (C=O) groups excluding carboxylic acids is 1. The lowest BCUT2D eigenvalue weighted by atomic mass is 9.96. The summed E-state index contributed by atoms with van der Waals surface area (Å²) in [5.74, 6) is -1.84. The monoisotopic (exact) mass is 385 g/mol. The number of halogens is 1. The minimum absolute atomic E-state index is 0.0560. The van der Waals surface area contributed by atoms with Gasteiger partial charge in [0, 0.05) is 23.9 Å². The van der Waals surface area contributed by atoms with Gasteiger partial charge < -0.3 is 5.11 Å². The Morgan fingerprint density at radius 1 is 1.32 bits per heavy atom. The molecule has 2 rings (SSSR count). The highest BCUT2D eigenvalue weighted by molar-refractivity contribution is 7.89. The number of Topliss-reactive ketones (excluding diaryl/α,β-unsaturated/α-hetero) is 1. The lowest BCUT2D eigenvalue weighted by Crippen LogP contribution is -2.55. The molecule has 6 nitrogen and oxygen atoms in total. The van der Waals surface area contributed by atoms with Crippen LogP contribution in [-0.4, -0.2) is 47.4 Å². The van der Waals surface area contributed by atoms with Crippen molar-refractivity contribution in [2.24, 2.45) is 0 Å². The molecule has 0 spiro atoms. The number of piperidine rings is 1. The van der Waals surface area contributed by atoms with Crippen molar-refractivity contribution in [3.05, 3.63) is 40.9 Å². The van der Waals surface area contributed by atoms with Crippen molar-refractivity contribution in [2.75, 3.05) is 5.75 Å². The van der Waals surface area contributed by atoms with Crippen LogP contribution in [-0.2, 0) is 19.6 Å². The molecule has 1 fully saturated rings. The Morgan fingerprint density at radius 2 is 1.96 bits per heavy atom. The lowest BCUT2D eigenvalue weighted by Gasteiger charge is -2.37. The smallest absolute Gasteiger partial charge is 0.322 e. The zero-order valence-corrected chi connectivity index (χ0v) is 15.3. The van der Waals surface area contributed by atoms with Crippen LogP contribution in [0.4, 0.5) is 0 Å². The van der Waals surface area contributed by atoms with Gasteiger partial charge in [0.15, 0.2) is 0 Å². The Kier molecular flexibility index (Phi) is 6.37. The molecule has 0 saturated carbocycles. The molecule has 0 aromatic heterocycles. The normalized spacial score (nSPS) is 22.4. The summed E-state index contributed by atoms with van der Waals surface area (Å²) in [5, 5.41) is 9.92. The van der Waals surface area contributed by atoms with E-state index in [0.29, 0.717) is 11.4 Å². The summed E-state index contributed by atoms with van der Waals surface area (Å²) in [7, 11) is -3.85. The van der Waals surface area contributed by atoms with Gasteiger partial charge >= 0.3 is 5.97 Å². The minimum Gasteiger partial charge on any atom is -0.480 e. The van der Waals surface area contributed by atoms with Gasteiger partial charge in [-0.3, -0.25) is 9.59 Å². The maximum Gasteiger partial charge on any atom is 0.322 e. The largest absolute Gasteiger partial charge is 0.480 e. The highest BCUT2D eigenvalue weighted by Gasteiger charge is 2.44. The van der Waals surface area contributed by atoms with Gasteiger partial charge in [-0.1, -0.05) is 42.8 Å². The average molecular weight is 386 g/mol. The van der Waals surface area contributed by atoms with Crippen LogP contribution in [0, 0.1) is 0 Å². The van der Waals surface area contributed by atoms with Crippen molar-refractivity contribution >= 4 is 39.5 Å². The highest BCUT2D eigenvalue weighted by atomic mass is 35.5. The summed E-state index contributed by atoms with van der Waals surface area (Å²) in [6, 6.07) is 4.94. The minimum atomic E-state index is -3.85. The third-order valence-electron chi connectivity index (χ3n) is 4.12. The molecular weight excluding hydrogens is 366 g/mol. The van der Waals surface area contributed by atoms with Crippen LogP contribution in [0.5, 0.6) is 0 Å². The fourth-order valence-corrected chi connectivity index (χ4v) is 4.77. The number of carboxylic acids is 1. The molecule has 1 N–H and O–H groups in total.